The van der Waals surface area contributed by atoms with Crippen molar-refractivity contribution in [2.45, 2.75) is 6.92 Å². The molecule has 1 aliphatic rings. The molecule has 1 aliphatic carbocycles. The second-order valence-corrected chi connectivity index (χ2v) is 4.26. The fourth-order valence-corrected chi connectivity index (χ4v) is 2.07. The molecule has 1 aromatic heterocycles. The van der Waals surface area contributed by atoms with Crippen molar-refractivity contribution in [1.29, 1.82) is 0 Å². The summed E-state index contributed by atoms with van der Waals surface area (Å²) in [7, 11) is 0. The fraction of sp³-hybridized carbons (Fsp3) is 0.0714. The molecular formula is C14H7FO4. The van der Waals surface area contributed by atoms with E-state index in [2.05, 4.69) is 0 Å². The van der Waals surface area contributed by atoms with Crippen molar-refractivity contribution in [1.82, 2.24) is 0 Å². The van der Waals surface area contributed by atoms with Crippen LogP contribution in [0.4, 0.5) is 4.39 Å². The summed E-state index contributed by atoms with van der Waals surface area (Å²) < 4.78 is 18.3. The molecule has 0 atom stereocenters. The molecule has 0 radical (unpaired) electrons. The Morgan fingerprint density at radius 1 is 1.05 bits per heavy atom. The Balaban J connectivity index is 2.26. The zero-order valence-corrected chi connectivity index (χ0v) is 9.82. The van der Waals surface area contributed by atoms with E-state index in [1.165, 1.54) is 19.1 Å². The molecule has 0 spiro atoms. The molecule has 0 amide bonds. The lowest BCUT2D eigenvalue weighted by Gasteiger charge is -2.12. The minimum atomic E-state index is -0.610. The first-order chi connectivity index (χ1) is 8.99. The Bertz CT molecular complexity index is 755. The molecule has 0 fully saturated rings. The highest BCUT2D eigenvalue weighted by Crippen LogP contribution is 2.30. The van der Waals surface area contributed by atoms with Crippen LogP contribution in [0.1, 0.15) is 49.5 Å². The van der Waals surface area contributed by atoms with Crippen LogP contribution >= 0.6 is 0 Å². The summed E-state index contributed by atoms with van der Waals surface area (Å²) in [4.78, 5) is 35.5. The van der Waals surface area contributed by atoms with Crippen molar-refractivity contribution < 1.29 is 23.2 Å². The molecule has 1 heterocycles. The van der Waals surface area contributed by atoms with E-state index >= 15 is 0 Å². The summed E-state index contributed by atoms with van der Waals surface area (Å²) in [6.45, 7) is 1.27. The predicted molar refractivity (Wildman–Crippen MR) is 62.0 cm³/mol. The number of hydrogen-bond acceptors (Lipinski definition) is 4. The van der Waals surface area contributed by atoms with Gasteiger partial charge in [-0.15, -0.1) is 0 Å². The van der Waals surface area contributed by atoms with Gasteiger partial charge in [-0.1, -0.05) is 0 Å². The zero-order valence-electron chi connectivity index (χ0n) is 9.82. The number of Topliss-reactive ketones (excluding diaryl/α,β-unsaturated/α-hetero) is 1. The molecular weight excluding hydrogens is 251 g/mol. The van der Waals surface area contributed by atoms with E-state index in [4.69, 9.17) is 4.42 Å². The number of furan rings is 1. The number of ketones is 3. The number of halogens is 1. The molecule has 0 unspecified atom stereocenters. The lowest BCUT2D eigenvalue weighted by Crippen LogP contribution is -2.19. The minimum Gasteiger partial charge on any atom is -0.449 e. The summed E-state index contributed by atoms with van der Waals surface area (Å²) in [6, 6.07) is 4.62. The van der Waals surface area contributed by atoms with Crippen molar-refractivity contribution in [3.63, 3.8) is 0 Å². The Hall–Kier alpha value is -2.56. The SMILES string of the molecule is CC(=O)c1cc2c(o1)C(=O)c1cc(F)ccc1C2=O. The maximum absolute atomic E-state index is 13.2. The van der Waals surface area contributed by atoms with Gasteiger partial charge in [0.25, 0.3) is 0 Å². The van der Waals surface area contributed by atoms with Crippen LogP contribution in [0.3, 0.4) is 0 Å². The quantitative estimate of drug-likeness (QED) is 0.629. The first kappa shape index (κ1) is 11.5. The van der Waals surface area contributed by atoms with Gasteiger partial charge in [-0.2, -0.15) is 0 Å². The van der Waals surface area contributed by atoms with Crippen LogP contribution in [0.2, 0.25) is 0 Å². The van der Waals surface area contributed by atoms with E-state index in [9.17, 15) is 18.8 Å². The number of carbonyl (C=O) groups excluding carboxylic acids is 3. The molecule has 1 aromatic carbocycles. The Morgan fingerprint density at radius 3 is 2.47 bits per heavy atom. The van der Waals surface area contributed by atoms with Crippen molar-refractivity contribution in [2.75, 3.05) is 0 Å². The normalized spacial score (nSPS) is 13.2. The van der Waals surface area contributed by atoms with Gasteiger partial charge in [0, 0.05) is 18.1 Å². The van der Waals surface area contributed by atoms with E-state index in [0.29, 0.717) is 0 Å². The zero-order chi connectivity index (χ0) is 13.7. The van der Waals surface area contributed by atoms with Gasteiger partial charge < -0.3 is 4.42 Å². The average Bonchev–Trinajstić information content (AvgIpc) is 2.81. The summed E-state index contributed by atoms with van der Waals surface area (Å²) in [5, 5.41) is 0. The average molecular weight is 258 g/mol. The van der Waals surface area contributed by atoms with Crippen molar-refractivity contribution in [3.05, 3.63) is 58.3 Å². The van der Waals surface area contributed by atoms with Crippen LogP contribution in [-0.4, -0.2) is 17.3 Å². The monoisotopic (exact) mass is 258 g/mol. The standard InChI is InChI=1S/C14H7FO4/c1-6(16)11-5-10-12(17)8-3-2-7(15)4-9(8)13(18)14(10)19-11/h2-5H,1H3. The van der Waals surface area contributed by atoms with E-state index in [-0.39, 0.29) is 34.0 Å². The highest BCUT2D eigenvalue weighted by Gasteiger charge is 2.34. The molecule has 0 saturated carbocycles. The molecule has 0 aliphatic heterocycles. The maximum atomic E-state index is 13.2. The van der Waals surface area contributed by atoms with Gasteiger partial charge in [-0.25, -0.2) is 4.39 Å². The van der Waals surface area contributed by atoms with Crippen molar-refractivity contribution in [2.24, 2.45) is 0 Å². The lowest BCUT2D eigenvalue weighted by molar-refractivity contribution is 0.0947. The first-order valence-electron chi connectivity index (χ1n) is 5.52. The third-order valence-corrected chi connectivity index (χ3v) is 3.00. The van der Waals surface area contributed by atoms with Gasteiger partial charge in [0.15, 0.2) is 23.1 Å². The van der Waals surface area contributed by atoms with Crippen LogP contribution in [0.5, 0.6) is 0 Å². The summed E-state index contributed by atoms with van der Waals surface area (Å²) in [5.41, 5.74) is 0.131. The number of carbonyl (C=O) groups is 3. The van der Waals surface area contributed by atoms with Gasteiger partial charge in [0.05, 0.1) is 5.56 Å². The van der Waals surface area contributed by atoms with Crippen LogP contribution < -0.4 is 0 Å². The second kappa shape index (κ2) is 3.71. The van der Waals surface area contributed by atoms with Gasteiger partial charge in [-0.3, -0.25) is 14.4 Å². The van der Waals surface area contributed by atoms with E-state index in [1.807, 2.05) is 0 Å². The summed E-state index contributed by atoms with van der Waals surface area (Å²) >= 11 is 0. The largest absolute Gasteiger partial charge is 0.449 e. The van der Waals surface area contributed by atoms with E-state index < -0.39 is 17.4 Å². The van der Waals surface area contributed by atoms with Gasteiger partial charge in [-0.05, 0) is 24.3 Å². The molecule has 0 bridgehead atoms. The molecule has 19 heavy (non-hydrogen) atoms. The third-order valence-electron chi connectivity index (χ3n) is 3.00. The highest BCUT2D eigenvalue weighted by molar-refractivity contribution is 6.27. The van der Waals surface area contributed by atoms with Gasteiger partial charge >= 0.3 is 0 Å². The number of benzene rings is 1. The maximum Gasteiger partial charge on any atom is 0.229 e. The number of rotatable bonds is 1. The van der Waals surface area contributed by atoms with Crippen molar-refractivity contribution in [3.8, 4) is 0 Å². The van der Waals surface area contributed by atoms with Crippen LogP contribution in [-0.2, 0) is 0 Å². The predicted octanol–water partition coefficient (Wildman–Crippen LogP) is 2.40. The molecule has 0 N–H and O–H groups in total. The molecule has 5 heteroatoms. The van der Waals surface area contributed by atoms with Gasteiger partial charge in [0.1, 0.15) is 5.82 Å². The fourth-order valence-electron chi connectivity index (χ4n) is 2.07. The molecule has 0 saturated heterocycles. The number of hydrogen-bond donors (Lipinski definition) is 0. The minimum absolute atomic E-state index is 0.0399. The van der Waals surface area contributed by atoms with Crippen LogP contribution in [0.15, 0.2) is 28.7 Å². The van der Waals surface area contributed by atoms with Crippen molar-refractivity contribution >= 4 is 17.3 Å². The van der Waals surface area contributed by atoms with E-state index in [1.54, 1.807) is 0 Å². The smallest absolute Gasteiger partial charge is 0.229 e. The molecule has 4 nitrogen and oxygen atoms in total. The lowest BCUT2D eigenvalue weighted by atomic mass is 9.88. The summed E-state index contributed by atoms with van der Waals surface area (Å²) in [6.07, 6.45) is 0. The Labute approximate surface area is 106 Å². The Morgan fingerprint density at radius 2 is 1.79 bits per heavy atom. The second-order valence-electron chi connectivity index (χ2n) is 4.26. The van der Waals surface area contributed by atoms with Gasteiger partial charge in [0.2, 0.25) is 5.78 Å². The molecule has 2 aromatic rings. The summed E-state index contributed by atoms with van der Waals surface area (Å²) in [5.74, 6) is -2.28. The highest BCUT2D eigenvalue weighted by atomic mass is 19.1. The third kappa shape index (κ3) is 1.55. The van der Waals surface area contributed by atoms with Crippen LogP contribution in [0.25, 0.3) is 0 Å². The Kier molecular flexibility index (Phi) is 2.25. The number of fused-ring (bicyclic) bond motifs is 2. The van der Waals surface area contributed by atoms with E-state index in [0.717, 1.165) is 12.1 Å². The molecule has 94 valence electrons. The molecule has 3 rings (SSSR count). The first-order valence-corrected chi connectivity index (χ1v) is 5.52. The topological polar surface area (TPSA) is 64.3 Å². The van der Waals surface area contributed by atoms with Crippen LogP contribution in [0, 0.1) is 5.82 Å².